The first-order chi connectivity index (χ1) is 13.3. The smallest absolute Gasteiger partial charge is 0.323 e. The average molecular weight is 402 g/mol. The first-order valence-corrected chi connectivity index (χ1v) is 10.4. The van der Waals surface area contributed by atoms with Gasteiger partial charge < -0.3 is 15.3 Å². The quantitative estimate of drug-likeness (QED) is 0.485. The summed E-state index contributed by atoms with van der Waals surface area (Å²) in [6.07, 6.45) is 1.76. The van der Waals surface area contributed by atoms with E-state index in [-0.39, 0.29) is 28.1 Å². The highest BCUT2D eigenvalue weighted by Gasteiger charge is 2.20. The molecule has 0 unspecified atom stereocenters. The van der Waals surface area contributed by atoms with Gasteiger partial charge in [-0.1, -0.05) is 25.5 Å². The fourth-order valence-corrected chi connectivity index (χ4v) is 4.06. The number of amides is 1. The maximum Gasteiger partial charge on any atom is 0.323 e. The Bertz CT molecular complexity index is 1160. The molecule has 1 atom stereocenters. The van der Waals surface area contributed by atoms with Crippen LogP contribution in [0.2, 0.25) is 0 Å². The number of carbonyl (C=O) groups excluding carboxylic acids is 1. The summed E-state index contributed by atoms with van der Waals surface area (Å²) < 4.78 is 28.1. The average Bonchev–Trinajstić information content (AvgIpc) is 3.01. The third-order valence-electron chi connectivity index (χ3n) is 4.31. The first kappa shape index (κ1) is 19.7. The van der Waals surface area contributed by atoms with Crippen molar-refractivity contribution in [3.8, 4) is 0 Å². The van der Waals surface area contributed by atoms with Gasteiger partial charge in [0.25, 0.3) is 15.9 Å². The molecule has 1 amide bonds. The van der Waals surface area contributed by atoms with Crippen LogP contribution < -0.4 is 15.7 Å². The Morgan fingerprint density at radius 1 is 1.11 bits per heavy atom. The zero-order valence-electron chi connectivity index (χ0n) is 15.6. The summed E-state index contributed by atoms with van der Waals surface area (Å²) in [6, 6.07) is 10.7. The Labute approximate surface area is 162 Å². The van der Waals surface area contributed by atoms with Crippen LogP contribution in [0.15, 0.2) is 52.2 Å². The number of rotatable bonds is 7. The van der Waals surface area contributed by atoms with Gasteiger partial charge in [0, 0.05) is 6.04 Å². The predicted molar refractivity (Wildman–Crippen MR) is 108 cm³/mol. The Balaban J connectivity index is 1.89. The van der Waals surface area contributed by atoms with E-state index < -0.39 is 15.7 Å². The minimum absolute atomic E-state index is 0.0185. The molecule has 0 aliphatic carbocycles. The van der Waals surface area contributed by atoms with Gasteiger partial charge in [0.05, 0.1) is 27.2 Å². The van der Waals surface area contributed by atoms with Crippen LogP contribution in [0.5, 0.6) is 0 Å². The first-order valence-electron chi connectivity index (χ1n) is 8.95. The number of aromatic amines is 2. The van der Waals surface area contributed by atoms with Crippen LogP contribution in [0.3, 0.4) is 0 Å². The van der Waals surface area contributed by atoms with Crippen LogP contribution in [-0.2, 0) is 10.0 Å². The molecule has 8 nitrogen and oxygen atoms in total. The minimum atomic E-state index is -3.96. The molecule has 0 saturated heterocycles. The minimum Gasteiger partial charge on any atom is -0.350 e. The van der Waals surface area contributed by atoms with Crippen LogP contribution in [0.25, 0.3) is 11.0 Å². The molecule has 0 aliphatic rings. The number of fused-ring (bicyclic) bond motifs is 1. The van der Waals surface area contributed by atoms with E-state index in [1.165, 1.54) is 24.3 Å². The van der Waals surface area contributed by atoms with Crippen molar-refractivity contribution in [1.29, 1.82) is 0 Å². The summed E-state index contributed by atoms with van der Waals surface area (Å²) >= 11 is 0. The van der Waals surface area contributed by atoms with Gasteiger partial charge in [-0.25, -0.2) is 13.2 Å². The van der Waals surface area contributed by atoms with Gasteiger partial charge in [-0.3, -0.25) is 9.52 Å². The van der Waals surface area contributed by atoms with E-state index in [4.69, 9.17) is 0 Å². The van der Waals surface area contributed by atoms with Crippen LogP contribution in [0.1, 0.15) is 37.0 Å². The number of para-hydroxylation sites is 1. The number of sulfonamides is 1. The number of nitrogens with one attached hydrogen (secondary N) is 4. The molecule has 148 valence electrons. The molecule has 1 heterocycles. The van der Waals surface area contributed by atoms with E-state index in [0.717, 1.165) is 12.8 Å². The summed E-state index contributed by atoms with van der Waals surface area (Å²) in [5.41, 5.74) is 0.901. The van der Waals surface area contributed by atoms with E-state index in [9.17, 15) is 18.0 Å². The lowest BCUT2D eigenvalue weighted by Crippen LogP contribution is -2.33. The number of hydrogen-bond acceptors (Lipinski definition) is 4. The molecule has 0 aliphatic heterocycles. The summed E-state index contributed by atoms with van der Waals surface area (Å²) in [7, 11) is -3.96. The highest BCUT2D eigenvalue weighted by molar-refractivity contribution is 7.92. The van der Waals surface area contributed by atoms with Gasteiger partial charge >= 0.3 is 5.69 Å². The number of imidazole rings is 1. The van der Waals surface area contributed by atoms with E-state index in [1.54, 1.807) is 18.2 Å². The molecule has 3 rings (SSSR count). The molecule has 1 aromatic heterocycles. The monoisotopic (exact) mass is 402 g/mol. The van der Waals surface area contributed by atoms with Crippen molar-refractivity contribution in [2.75, 3.05) is 4.72 Å². The van der Waals surface area contributed by atoms with E-state index in [2.05, 4.69) is 20.0 Å². The van der Waals surface area contributed by atoms with Gasteiger partial charge in [-0.2, -0.15) is 0 Å². The van der Waals surface area contributed by atoms with Gasteiger partial charge in [0.15, 0.2) is 0 Å². The van der Waals surface area contributed by atoms with E-state index in [0.29, 0.717) is 11.0 Å². The molecule has 0 fully saturated rings. The number of anilines is 1. The molecule has 0 bridgehead atoms. The SMILES string of the molecule is CCC[C@@H](C)NC(=O)c1ccccc1NS(=O)(=O)c1ccc2[nH]c(=O)[nH]c2c1. The van der Waals surface area contributed by atoms with E-state index in [1.807, 2.05) is 13.8 Å². The van der Waals surface area contributed by atoms with Crippen molar-refractivity contribution in [1.82, 2.24) is 15.3 Å². The summed E-state index contributed by atoms with van der Waals surface area (Å²) in [6.45, 7) is 3.93. The predicted octanol–water partition coefficient (Wildman–Crippen LogP) is 2.58. The lowest BCUT2D eigenvalue weighted by Gasteiger charge is -2.16. The molecule has 4 N–H and O–H groups in total. The standard InChI is InChI=1S/C19H22N4O4S/c1-3-6-12(2)20-18(24)14-7-4-5-8-15(14)23-28(26,27)13-9-10-16-17(11-13)22-19(25)21-16/h4-5,7-12,23H,3,6H2,1-2H3,(H,20,24)(H2,21,22,25)/t12-/m1/s1. The molecule has 3 aromatic rings. The number of hydrogen-bond donors (Lipinski definition) is 4. The van der Waals surface area contributed by atoms with Crippen molar-refractivity contribution in [2.24, 2.45) is 0 Å². The number of H-pyrrole nitrogens is 2. The lowest BCUT2D eigenvalue weighted by atomic mass is 10.1. The van der Waals surface area contributed by atoms with Crippen LogP contribution in [-0.4, -0.2) is 30.3 Å². The van der Waals surface area contributed by atoms with Crippen molar-refractivity contribution < 1.29 is 13.2 Å². The number of carbonyl (C=O) groups is 1. The highest BCUT2D eigenvalue weighted by Crippen LogP contribution is 2.22. The lowest BCUT2D eigenvalue weighted by molar-refractivity contribution is 0.0939. The molecule has 0 radical (unpaired) electrons. The van der Waals surface area contributed by atoms with E-state index >= 15 is 0 Å². The molecule has 2 aromatic carbocycles. The Kier molecular flexibility index (Phi) is 5.55. The van der Waals surface area contributed by atoms with Crippen molar-refractivity contribution in [3.05, 3.63) is 58.5 Å². The normalized spacial score (nSPS) is 12.6. The van der Waals surface area contributed by atoms with Crippen molar-refractivity contribution in [2.45, 2.75) is 37.6 Å². The molecular weight excluding hydrogens is 380 g/mol. The van der Waals surface area contributed by atoms with Gasteiger partial charge in [-0.15, -0.1) is 0 Å². The molecular formula is C19H22N4O4S. The zero-order chi connectivity index (χ0) is 20.3. The van der Waals surface area contributed by atoms with Gasteiger partial charge in [-0.05, 0) is 43.7 Å². The number of benzene rings is 2. The summed E-state index contributed by atoms with van der Waals surface area (Å²) in [4.78, 5) is 29.0. The Morgan fingerprint density at radius 2 is 1.82 bits per heavy atom. The molecule has 0 saturated carbocycles. The second kappa shape index (κ2) is 7.89. The third kappa shape index (κ3) is 4.25. The van der Waals surface area contributed by atoms with Crippen LogP contribution >= 0.6 is 0 Å². The third-order valence-corrected chi connectivity index (χ3v) is 5.68. The van der Waals surface area contributed by atoms with Crippen LogP contribution in [0, 0.1) is 0 Å². The maximum atomic E-state index is 12.8. The topological polar surface area (TPSA) is 124 Å². The summed E-state index contributed by atoms with van der Waals surface area (Å²) in [5, 5.41) is 2.87. The molecule has 0 spiro atoms. The second-order valence-corrected chi connectivity index (χ2v) is 8.28. The fraction of sp³-hybridized carbons (Fsp3) is 0.263. The zero-order valence-corrected chi connectivity index (χ0v) is 16.4. The van der Waals surface area contributed by atoms with Crippen molar-refractivity contribution >= 4 is 32.7 Å². The van der Waals surface area contributed by atoms with Crippen LogP contribution in [0.4, 0.5) is 5.69 Å². The fourth-order valence-electron chi connectivity index (χ4n) is 2.96. The maximum absolute atomic E-state index is 12.8. The summed E-state index contributed by atoms with van der Waals surface area (Å²) in [5.74, 6) is -0.343. The van der Waals surface area contributed by atoms with Gasteiger partial charge in [0.2, 0.25) is 0 Å². The molecule has 28 heavy (non-hydrogen) atoms. The largest absolute Gasteiger partial charge is 0.350 e. The molecule has 9 heteroatoms. The Hall–Kier alpha value is -3.07. The van der Waals surface area contributed by atoms with Crippen molar-refractivity contribution in [3.63, 3.8) is 0 Å². The highest BCUT2D eigenvalue weighted by atomic mass is 32.2. The number of aromatic nitrogens is 2. The Morgan fingerprint density at radius 3 is 2.57 bits per heavy atom. The van der Waals surface area contributed by atoms with Gasteiger partial charge in [0.1, 0.15) is 0 Å². The second-order valence-electron chi connectivity index (χ2n) is 6.60.